The lowest BCUT2D eigenvalue weighted by Crippen LogP contribution is -2.04. The highest BCUT2D eigenvalue weighted by Gasteiger charge is 2.18. The summed E-state index contributed by atoms with van der Waals surface area (Å²) in [6.45, 7) is 0. The molecule has 0 radical (unpaired) electrons. The normalized spacial score (nSPS) is 10.9. The lowest BCUT2D eigenvalue weighted by atomic mass is 10.2. The third kappa shape index (κ3) is 1.67. The van der Waals surface area contributed by atoms with Crippen LogP contribution < -0.4 is 5.73 Å². The minimum absolute atomic E-state index is 0.0719. The minimum Gasteiger partial charge on any atom is -0.398 e. The highest BCUT2D eigenvalue weighted by atomic mass is 32.2. The Bertz CT molecular complexity index is 517. The van der Waals surface area contributed by atoms with Gasteiger partial charge in [0.2, 0.25) is 0 Å². The number of nitrogens with two attached hydrogens (primary N) is 1. The number of anilines is 1. The van der Waals surface area contributed by atoms with Crippen LogP contribution in [0.15, 0.2) is 17.0 Å². The van der Waals surface area contributed by atoms with E-state index >= 15 is 0 Å². The van der Waals surface area contributed by atoms with Gasteiger partial charge in [0.25, 0.3) is 0 Å². The van der Waals surface area contributed by atoms with Crippen molar-refractivity contribution in [1.29, 1.82) is 5.26 Å². The maximum absolute atomic E-state index is 13.3. The first-order valence-corrected chi connectivity index (χ1v) is 5.45. The summed E-state index contributed by atoms with van der Waals surface area (Å²) in [5.41, 5.74) is 4.78. The Labute approximate surface area is 80.7 Å². The molecule has 1 aromatic carbocycles. The zero-order valence-corrected chi connectivity index (χ0v) is 8.10. The van der Waals surface area contributed by atoms with Crippen LogP contribution >= 0.6 is 0 Å². The molecule has 0 saturated heterocycles. The molecule has 0 fully saturated rings. The van der Waals surface area contributed by atoms with Gasteiger partial charge in [0.1, 0.15) is 16.5 Å². The van der Waals surface area contributed by atoms with E-state index < -0.39 is 26.1 Å². The van der Waals surface area contributed by atoms with Gasteiger partial charge in [-0.3, -0.25) is 0 Å². The Balaban J connectivity index is 3.62. The second-order valence-electron chi connectivity index (χ2n) is 2.73. The summed E-state index contributed by atoms with van der Waals surface area (Å²) in [4.78, 5) is -0.511. The van der Waals surface area contributed by atoms with E-state index in [4.69, 9.17) is 11.0 Å². The molecule has 0 heterocycles. The monoisotopic (exact) mass is 214 g/mol. The SMILES string of the molecule is CS(=O)(=O)c1ccc(N)c(C#N)c1F. The lowest BCUT2D eigenvalue weighted by Gasteiger charge is -2.03. The standard InChI is InChI=1S/C8H7FN2O2S/c1-14(12,13)7-3-2-6(11)5(4-10)8(7)9/h2-3H,11H2,1H3. The van der Waals surface area contributed by atoms with E-state index in [1.807, 2.05) is 0 Å². The molecule has 4 nitrogen and oxygen atoms in total. The van der Waals surface area contributed by atoms with Crippen molar-refractivity contribution >= 4 is 15.5 Å². The van der Waals surface area contributed by atoms with Crippen molar-refractivity contribution in [3.8, 4) is 6.07 Å². The Morgan fingerprint density at radius 3 is 2.50 bits per heavy atom. The van der Waals surface area contributed by atoms with Crippen LogP contribution in [0.1, 0.15) is 5.56 Å². The molecule has 0 bridgehead atoms. The molecule has 0 aromatic heterocycles. The van der Waals surface area contributed by atoms with Crippen molar-refractivity contribution in [2.45, 2.75) is 4.90 Å². The Hall–Kier alpha value is -1.61. The molecule has 14 heavy (non-hydrogen) atoms. The molecule has 0 saturated carbocycles. The van der Waals surface area contributed by atoms with Gasteiger partial charge in [-0.15, -0.1) is 0 Å². The number of nitriles is 1. The van der Waals surface area contributed by atoms with Crippen molar-refractivity contribution < 1.29 is 12.8 Å². The van der Waals surface area contributed by atoms with Crippen LogP contribution in [0.5, 0.6) is 0 Å². The van der Waals surface area contributed by atoms with Crippen LogP contribution in [-0.2, 0) is 9.84 Å². The van der Waals surface area contributed by atoms with E-state index in [0.29, 0.717) is 0 Å². The molecule has 0 aliphatic carbocycles. The lowest BCUT2D eigenvalue weighted by molar-refractivity contribution is 0.569. The summed E-state index contributed by atoms with van der Waals surface area (Å²) < 4.78 is 35.4. The predicted octanol–water partition coefficient (Wildman–Crippen LogP) is 0.683. The van der Waals surface area contributed by atoms with E-state index in [9.17, 15) is 12.8 Å². The average molecular weight is 214 g/mol. The fourth-order valence-corrected chi connectivity index (χ4v) is 1.71. The Morgan fingerprint density at radius 2 is 2.07 bits per heavy atom. The highest BCUT2D eigenvalue weighted by Crippen LogP contribution is 2.22. The number of sulfone groups is 1. The van der Waals surface area contributed by atoms with Crippen LogP contribution in [0, 0.1) is 17.1 Å². The highest BCUT2D eigenvalue weighted by molar-refractivity contribution is 7.90. The first-order chi connectivity index (χ1) is 6.38. The Morgan fingerprint density at radius 1 is 1.50 bits per heavy atom. The van der Waals surface area contributed by atoms with Gasteiger partial charge in [-0.25, -0.2) is 12.8 Å². The molecular formula is C8H7FN2O2S. The molecule has 0 aliphatic heterocycles. The summed E-state index contributed by atoms with van der Waals surface area (Å²) in [5.74, 6) is -1.09. The molecule has 1 aromatic rings. The van der Waals surface area contributed by atoms with E-state index in [0.717, 1.165) is 12.3 Å². The first kappa shape index (κ1) is 10.5. The van der Waals surface area contributed by atoms with E-state index in [-0.39, 0.29) is 5.69 Å². The van der Waals surface area contributed by atoms with Crippen molar-refractivity contribution in [2.24, 2.45) is 0 Å². The van der Waals surface area contributed by atoms with Crippen molar-refractivity contribution in [1.82, 2.24) is 0 Å². The second kappa shape index (κ2) is 3.27. The first-order valence-electron chi connectivity index (χ1n) is 3.56. The van der Waals surface area contributed by atoms with Gasteiger partial charge in [0.15, 0.2) is 15.7 Å². The smallest absolute Gasteiger partial charge is 0.178 e. The van der Waals surface area contributed by atoms with E-state index in [1.54, 1.807) is 0 Å². The van der Waals surface area contributed by atoms with Gasteiger partial charge in [-0.2, -0.15) is 5.26 Å². The van der Waals surface area contributed by atoms with Crippen LogP contribution in [0.25, 0.3) is 0 Å². The van der Waals surface area contributed by atoms with Crippen LogP contribution in [0.3, 0.4) is 0 Å². The molecule has 0 spiro atoms. The summed E-state index contributed by atoms with van der Waals surface area (Å²) in [6.07, 6.45) is 0.864. The molecule has 0 unspecified atom stereocenters. The number of rotatable bonds is 1. The second-order valence-corrected chi connectivity index (χ2v) is 4.71. The molecule has 74 valence electrons. The fraction of sp³-hybridized carbons (Fsp3) is 0.125. The molecule has 1 rings (SSSR count). The zero-order valence-electron chi connectivity index (χ0n) is 7.28. The van der Waals surface area contributed by atoms with Gasteiger partial charge < -0.3 is 5.73 Å². The van der Waals surface area contributed by atoms with E-state index in [2.05, 4.69) is 0 Å². The van der Waals surface area contributed by atoms with E-state index in [1.165, 1.54) is 12.1 Å². The number of hydrogen-bond donors (Lipinski definition) is 1. The molecule has 0 amide bonds. The topological polar surface area (TPSA) is 83.9 Å². The number of hydrogen-bond acceptors (Lipinski definition) is 4. The van der Waals surface area contributed by atoms with Crippen molar-refractivity contribution in [3.05, 3.63) is 23.5 Å². The van der Waals surface area contributed by atoms with Gasteiger partial charge >= 0.3 is 0 Å². The van der Waals surface area contributed by atoms with Crippen molar-refractivity contribution in [2.75, 3.05) is 12.0 Å². The summed E-state index contributed by atoms with van der Waals surface area (Å²) >= 11 is 0. The quantitative estimate of drug-likeness (QED) is 0.697. The largest absolute Gasteiger partial charge is 0.398 e. The average Bonchev–Trinajstić information content (AvgIpc) is 2.02. The molecule has 0 aliphatic rings. The van der Waals surface area contributed by atoms with Gasteiger partial charge in [0, 0.05) is 6.26 Å². The van der Waals surface area contributed by atoms with Crippen LogP contribution in [0.4, 0.5) is 10.1 Å². The number of halogens is 1. The zero-order chi connectivity index (χ0) is 10.9. The predicted molar refractivity (Wildman–Crippen MR) is 48.6 cm³/mol. The molecular weight excluding hydrogens is 207 g/mol. The molecule has 0 atom stereocenters. The third-order valence-corrected chi connectivity index (χ3v) is 2.76. The maximum Gasteiger partial charge on any atom is 0.178 e. The van der Waals surface area contributed by atoms with Crippen molar-refractivity contribution in [3.63, 3.8) is 0 Å². The molecule has 2 N–H and O–H groups in total. The van der Waals surface area contributed by atoms with Gasteiger partial charge in [-0.05, 0) is 12.1 Å². The number of nitrogens with zero attached hydrogens (tertiary/aromatic N) is 1. The number of benzene rings is 1. The summed E-state index contributed by atoms with van der Waals surface area (Å²) in [5, 5.41) is 8.52. The van der Waals surface area contributed by atoms with Gasteiger partial charge in [-0.1, -0.05) is 0 Å². The minimum atomic E-state index is -3.66. The van der Waals surface area contributed by atoms with Crippen LogP contribution in [-0.4, -0.2) is 14.7 Å². The van der Waals surface area contributed by atoms with Crippen LogP contribution in [0.2, 0.25) is 0 Å². The maximum atomic E-state index is 13.3. The number of nitrogen functional groups attached to an aromatic ring is 1. The fourth-order valence-electron chi connectivity index (χ4n) is 0.972. The molecule has 6 heteroatoms. The van der Waals surface area contributed by atoms with Gasteiger partial charge in [0.05, 0.1) is 5.69 Å². The Kier molecular flexibility index (Phi) is 2.45. The summed E-state index contributed by atoms with van der Waals surface area (Å²) in [7, 11) is -3.66. The third-order valence-electron chi connectivity index (χ3n) is 1.65. The summed E-state index contributed by atoms with van der Waals surface area (Å²) in [6, 6.07) is 3.75.